The minimum atomic E-state index is -4.36. The smallest absolute Gasteiger partial charge is 0.416 e. The summed E-state index contributed by atoms with van der Waals surface area (Å²) in [6.07, 6.45) is -3.75. The van der Waals surface area contributed by atoms with E-state index in [1.54, 1.807) is 12.1 Å². The largest absolute Gasteiger partial charge is 0.484 e. The second-order valence-electron chi connectivity index (χ2n) is 7.86. The lowest BCUT2D eigenvalue weighted by Gasteiger charge is -2.32. The molecule has 6 nitrogen and oxygen atoms in total. The number of benzene rings is 2. The average molecular weight is 464 g/mol. The molecular formula is C24H28F3N3O3. The van der Waals surface area contributed by atoms with E-state index in [0.717, 1.165) is 30.8 Å². The molecule has 1 amide bonds. The van der Waals surface area contributed by atoms with Crippen molar-refractivity contribution in [3.63, 3.8) is 0 Å². The number of hydrogen-bond donors (Lipinski definition) is 0. The summed E-state index contributed by atoms with van der Waals surface area (Å²) in [5.74, 6) is 0.557. The van der Waals surface area contributed by atoms with Crippen LogP contribution < -0.4 is 4.74 Å². The molecule has 9 heteroatoms. The first-order chi connectivity index (χ1) is 15.8. The second-order valence-corrected chi connectivity index (χ2v) is 7.86. The summed E-state index contributed by atoms with van der Waals surface area (Å²) < 4.78 is 43.6. The van der Waals surface area contributed by atoms with E-state index in [9.17, 15) is 18.0 Å². The summed E-state index contributed by atoms with van der Waals surface area (Å²) in [7, 11) is 2.04. The number of piperazine rings is 1. The summed E-state index contributed by atoms with van der Waals surface area (Å²) in [5.41, 5.74) is 1.43. The molecule has 0 aromatic heterocycles. The van der Waals surface area contributed by atoms with Crippen molar-refractivity contribution in [2.45, 2.75) is 26.1 Å². The Bertz CT molecular complexity index is 936. The summed E-state index contributed by atoms with van der Waals surface area (Å²) in [5, 5.41) is 4.14. The average Bonchev–Trinajstić information content (AvgIpc) is 2.81. The van der Waals surface area contributed by atoms with Gasteiger partial charge < -0.3 is 19.4 Å². The summed E-state index contributed by atoms with van der Waals surface area (Å²) in [6.45, 7) is 5.13. The molecule has 3 rings (SSSR count). The third-order valence-corrected chi connectivity index (χ3v) is 5.43. The minimum absolute atomic E-state index is 0.00593. The van der Waals surface area contributed by atoms with E-state index in [1.807, 2.05) is 31.0 Å². The quantitative estimate of drug-likeness (QED) is 0.435. The van der Waals surface area contributed by atoms with Crippen molar-refractivity contribution in [2.24, 2.45) is 5.16 Å². The Kier molecular flexibility index (Phi) is 8.32. The van der Waals surface area contributed by atoms with Crippen LogP contribution in [0.4, 0.5) is 13.2 Å². The Morgan fingerprint density at radius 1 is 1.00 bits per heavy atom. The van der Waals surface area contributed by atoms with Gasteiger partial charge in [0.2, 0.25) is 0 Å². The van der Waals surface area contributed by atoms with Gasteiger partial charge in [-0.25, -0.2) is 0 Å². The van der Waals surface area contributed by atoms with Gasteiger partial charge in [-0.1, -0.05) is 24.2 Å². The molecule has 2 aromatic rings. The molecule has 0 atom stereocenters. The fourth-order valence-electron chi connectivity index (χ4n) is 3.33. The van der Waals surface area contributed by atoms with Crippen LogP contribution >= 0.6 is 0 Å². The first-order valence-corrected chi connectivity index (χ1v) is 10.8. The molecule has 1 aliphatic heterocycles. The number of nitrogens with zero attached hydrogens (tertiary/aromatic N) is 3. The van der Waals surface area contributed by atoms with Gasteiger partial charge >= 0.3 is 6.18 Å². The maximum absolute atomic E-state index is 12.6. The van der Waals surface area contributed by atoms with Crippen LogP contribution in [0.25, 0.3) is 0 Å². The van der Waals surface area contributed by atoms with Gasteiger partial charge in [-0.2, -0.15) is 13.2 Å². The molecule has 33 heavy (non-hydrogen) atoms. The molecule has 1 saturated heterocycles. The zero-order valence-electron chi connectivity index (χ0n) is 18.8. The van der Waals surface area contributed by atoms with Crippen LogP contribution in [0.3, 0.4) is 0 Å². The summed E-state index contributed by atoms with van der Waals surface area (Å²) in [4.78, 5) is 21.6. The molecular weight excluding hydrogens is 435 g/mol. The maximum atomic E-state index is 12.6. The van der Waals surface area contributed by atoms with Gasteiger partial charge in [0.05, 0.1) is 11.3 Å². The normalized spacial score (nSPS) is 15.4. The Balaban J connectivity index is 1.50. The van der Waals surface area contributed by atoms with Crippen LogP contribution in [0.5, 0.6) is 5.75 Å². The number of alkyl halides is 3. The van der Waals surface area contributed by atoms with Crippen molar-refractivity contribution in [2.75, 3.05) is 39.8 Å². The number of amides is 1. The minimum Gasteiger partial charge on any atom is -0.484 e. The molecule has 0 bridgehead atoms. The van der Waals surface area contributed by atoms with Gasteiger partial charge in [0.1, 0.15) is 12.4 Å². The molecule has 1 fully saturated rings. The Hall–Kier alpha value is -3.07. The highest BCUT2D eigenvalue weighted by molar-refractivity contribution is 6.00. The van der Waals surface area contributed by atoms with Crippen molar-refractivity contribution < 1.29 is 27.5 Å². The number of ether oxygens (including phenoxy) is 1. The van der Waals surface area contributed by atoms with Gasteiger partial charge in [0.15, 0.2) is 6.61 Å². The van der Waals surface area contributed by atoms with Crippen LogP contribution in [0, 0.1) is 0 Å². The van der Waals surface area contributed by atoms with Crippen molar-refractivity contribution in [1.82, 2.24) is 9.80 Å². The van der Waals surface area contributed by atoms with E-state index in [1.165, 1.54) is 12.1 Å². The van der Waals surface area contributed by atoms with E-state index in [2.05, 4.69) is 10.1 Å². The Morgan fingerprint density at radius 2 is 1.64 bits per heavy atom. The molecule has 1 heterocycles. The Morgan fingerprint density at radius 3 is 2.21 bits per heavy atom. The highest BCUT2D eigenvalue weighted by Gasteiger charge is 2.29. The Labute approximate surface area is 191 Å². The fraction of sp³-hybridized carbons (Fsp3) is 0.417. The highest BCUT2D eigenvalue weighted by Crippen LogP contribution is 2.29. The molecule has 0 spiro atoms. The third kappa shape index (κ3) is 7.21. The summed E-state index contributed by atoms with van der Waals surface area (Å²) >= 11 is 0. The van der Waals surface area contributed by atoms with Crippen molar-refractivity contribution in [1.29, 1.82) is 0 Å². The van der Waals surface area contributed by atoms with Crippen LogP contribution in [0.15, 0.2) is 53.7 Å². The topological polar surface area (TPSA) is 54.4 Å². The predicted octanol–water partition coefficient (Wildman–Crippen LogP) is 4.19. The lowest BCUT2D eigenvalue weighted by atomic mass is 10.1. The van der Waals surface area contributed by atoms with Crippen LogP contribution in [-0.2, 0) is 22.4 Å². The molecule has 1 aliphatic rings. The first-order valence-electron chi connectivity index (χ1n) is 10.8. The van der Waals surface area contributed by atoms with Gasteiger partial charge in [0, 0.05) is 26.2 Å². The van der Waals surface area contributed by atoms with E-state index in [-0.39, 0.29) is 19.1 Å². The van der Waals surface area contributed by atoms with Gasteiger partial charge in [-0.15, -0.1) is 0 Å². The molecule has 0 unspecified atom stereocenters. The van der Waals surface area contributed by atoms with Crippen molar-refractivity contribution in [3.05, 3.63) is 65.2 Å². The van der Waals surface area contributed by atoms with E-state index in [4.69, 9.17) is 9.57 Å². The SMILES string of the molecule is CCC(=NOCc1ccc(C(F)(F)F)cc1)c1ccc(OCC(=O)N2CCN(C)CC2)cc1. The highest BCUT2D eigenvalue weighted by atomic mass is 19.4. The number of carbonyl (C=O) groups is 1. The molecule has 0 saturated carbocycles. The lowest BCUT2D eigenvalue weighted by molar-refractivity contribution is -0.137. The number of likely N-dealkylation sites (N-methyl/N-ethyl adjacent to an activating group) is 1. The van der Waals surface area contributed by atoms with E-state index >= 15 is 0 Å². The van der Waals surface area contributed by atoms with Crippen LogP contribution in [0.1, 0.15) is 30.0 Å². The van der Waals surface area contributed by atoms with Crippen molar-refractivity contribution in [3.8, 4) is 5.75 Å². The number of carbonyl (C=O) groups excluding carboxylic acids is 1. The fourth-order valence-corrected chi connectivity index (χ4v) is 3.33. The van der Waals surface area contributed by atoms with Gasteiger partial charge in [-0.05, 0) is 61.0 Å². The lowest BCUT2D eigenvalue weighted by Crippen LogP contribution is -2.48. The number of rotatable bonds is 8. The second kappa shape index (κ2) is 11.2. The van der Waals surface area contributed by atoms with E-state index < -0.39 is 11.7 Å². The molecule has 2 aromatic carbocycles. The van der Waals surface area contributed by atoms with Crippen molar-refractivity contribution >= 4 is 11.6 Å². The van der Waals surface area contributed by atoms with E-state index in [0.29, 0.717) is 36.5 Å². The molecule has 0 aliphatic carbocycles. The van der Waals surface area contributed by atoms with Gasteiger partial charge in [-0.3, -0.25) is 4.79 Å². The standard InChI is InChI=1S/C24H28F3N3O3/c1-3-22(28-33-16-18-4-8-20(9-5-18)24(25,26)27)19-6-10-21(11-7-19)32-17-23(31)30-14-12-29(2)13-15-30/h4-11H,3,12-17H2,1-2H3. The zero-order valence-corrected chi connectivity index (χ0v) is 18.8. The monoisotopic (exact) mass is 463 g/mol. The third-order valence-electron chi connectivity index (χ3n) is 5.43. The number of hydrogen-bond acceptors (Lipinski definition) is 5. The van der Waals surface area contributed by atoms with Gasteiger partial charge in [0.25, 0.3) is 5.91 Å². The number of halogens is 3. The van der Waals surface area contributed by atoms with Crippen LogP contribution in [0.2, 0.25) is 0 Å². The molecule has 0 N–H and O–H groups in total. The zero-order chi connectivity index (χ0) is 23.8. The number of oxime groups is 1. The maximum Gasteiger partial charge on any atom is 0.416 e. The van der Waals surface area contributed by atoms with Crippen LogP contribution in [-0.4, -0.2) is 61.3 Å². The molecule has 178 valence electrons. The predicted molar refractivity (Wildman–Crippen MR) is 119 cm³/mol. The summed E-state index contributed by atoms with van der Waals surface area (Å²) in [6, 6.07) is 12.0. The first kappa shape index (κ1) is 24.6. The molecule has 0 radical (unpaired) electrons.